The fourth-order valence-electron chi connectivity index (χ4n) is 5.83. The Bertz CT molecular complexity index is 1170. The number of likely N-dealkylation sites (tertiary alicyclic amines) is 1. The van der Waals surface area contributed by atoms with Gasteiger partial charge in [-0.1, -0.05) is 48.5 Å². The molecule has 2 saturated heterocycles. The predicted octanol–water partition coefficient (Wildman–Crippen LogP) is 3.65. The van der Waals surface area contributed by atoms with Gasteiger partial charge in [0, 0.05) is 13.0 Å². The Morgan fingerprint density at radius 1 is 1.09 bits per heavy atom. The average Bonchev–Trinajstić information content (AvgIpc) is 3.37. The predicted molar refractivity (Wildman–Crippen MR) is 128 cm³/mol. The molecule has 176 valence electrons. The second kappa shape index (κ2) is 9.20. The Labute approximate surface area is 199 Å². The molecule has 4 atom stereocenters. The highest BCUT2D eigenvalue weighted by atomic mass is 16.5. The van der Waals surface area contributed by atoms with Crippen molar-refractivity contribution < 1.29 is 24.5 Å². The normalized spacial score (nSPS) is 26.8. The zero-order valence-corrected chi connectivity index (χ0v) is 19.2. The van der Waals surface area contributed by atoms with Crippen molar-refractivity contribution in [1.29, 1.82) is 0 Å². The Balaban J connectivity index is 1.42. The van der Waals surface area contributed by atoms with Crippen LogP contribution in [0.15, 0.2) is 65.7 Å². The van der Waals surface area contributed by atoms with Crippen LogP contribution in [0.3, 0.4) is 0 Å². The molecule has 2 amide bonds. The van der Waals surface area contributed by atoms with Gasteiger partial charge in [0.25, 0.3) is 0 Å². The molecule has 3 aliphatic rings. The van der Waals surface area contributed by atoms with Gasteiger partial charge in [-0.15, -0.1) is 0 Å². The summed E-state index contributed by atoms with van der Waals surface area (Å²) in [6, 6.07) is 17.3. The number of nitrogens with zero attached hydrogens (tertiary/aromatic N) is 1. The van der Waals surface area contributed by atoms with Gasteiger partial charge in [-0.25, -0.2) is 0 Å². The number of phenols is 1. The molecule has 2 N–H and O–H groups in total. The van der Waals surface area contributed by atoms with Crippen molar-refractivity contribution in [1.82, 2.24) is 4.90 Å². The first-order valence-electron chi connectivity index (χ1n) is 11.8. The third-order valence-corrected chi connectivity index (χ3v) is 7.45. The number of hydrogen-bond acceptors (Lipinski definition) is 5. The number of imide groups is 1. The molecule has 0 saturated carbocycles. The van der Waals surface area contributed by atoms with Crippen molar-refractivity contribution >= 4 is 23.5 Å². The summed E-state index contributed by atoms with van der Waals surface area (Å²) in [6.45, 7) is 0.277. The van der Waals surface area contributed by atoms with Crippen molar-refractivity contribution in [2.45, 2.75) is 25.4 Å². The molecule has 0 spiro atoms. The summed E-state index contributed by atoms with van der Waals surface area (Å²) in [4.78, 5) is 26.6. The minimum absolute atomic E-state index is 0.120. The molecule has 2 aliphatic heterocycles. The van der Waals surface area contributed by atoms with Crippen molar-refractivity contribution in [2.24, 2.45) is 17.8 Å². The van der Waals surface area contributed by atoms with Crippen LogP contribution in [0, 0.1) is 17.8 Å². The number of amides is 2. The summed E-state index contributed by atoms with van der Waals surface area (Å²) >= 11 is 0. The summed E-state index contributed by atoms with van der Waals surface area (Å²) in [7, 11) is 1.55. The Kier molecular flexibility index (Phi) is 6.11. The van der Waals surface area contributed by atoms with E-state index in [0.29, 0.717) is 19.4 Å². The maximum Gasteiger partial charge on any atom is 0.233 e. The minimum atomic E-state index is -0.388. The lowest BCUT2D eigenvalue weighted by molar-refractivity contribution is -0.138. The van der Waals surface area contributed by atoms with E-state index in [1.165, 1.54) is 4.90 Å². The molecule has 0 unspecified atom stereocenters. The first-order valence-corrected chi connectivity index (χ1v) is 11.8. The molecule has 1 aliphatic carbocycles. The van der Waals surface area contributed by atoms with Gasteiger partial charge in [-0.2, -0.15) is 0 Å². The number of benzene rings is 2. The van der Waals surface area contributed by atoms with Crippen molar-refractivity contribution in [2.75, 3.05) is 20.3 Å². The van der Waals surface area contributed by atoms with Crippen LogP contribution in [-0.2, 0) is 14.3 Å². The average molecular weight is 460 g/mol. The molecule has 34 heavy (non-hydrogen) atoms. The van der Waals surface area contributed by atoms with E-state index in [0.717, 1.165) is 34.3 Å². The third-order valence-electron chi connectivity index (χ3n) is 7.45. The lowest BCUT2D eigenvalue weighted by Crippen LogP contribution is -2.34. The van der Waals surface area contributed by atoms with E-state index in [9.17, 15) is 19.8 Å². The SMILES string of the molecule is CN1C(=O)[C@@H]2[C@@H](CC(CO)=C3[C@@H](CC/C(=C/c4cccc(O)c4)c4ccccc4)OC[C@@H]32)C1=O. The molecular formula is C28H29NO5. The van der Waals surface area contributed by atoms with Crippen LogP contribution < -0.4 is 0 Å². The van der Waals surface area contributed by atoms with E-state index >= 15 is 0 Å². The second-order valence-corrected chi connectivity index (χ2v) is 9.39. The number of hydrogen-bond donors (Lipinski definition) is 2. The summed E-state index contributed by atoms with van der Waals surface area (Å²) in [5, 5.41) is 20.0. The summed E-state index contributed by atoms with van der Waals surface area (Å²) in [5.74, 6) is -0.984. The number of rotatable bonds is 6. The third kappa shape index (κ3) is 3.97. The zero-order chi connectivity index (χ0) is 23.8. The summed E-state index contributed by atoms with van der Waals surface area (Å²) < 4.78 is 6.20. The number of carbonyl (C=O) groups is 2. The fraction of sp³-hybridized carbons (Fsp3) is 0.357. The number of fused-ring (bicyclic) bond motifs is 3. The molecule has 2 aromatic carbocycles. The summed E-state index contributed by atoms with van der Waals surface area (Å²) in [5.41, 5.74) is 5.00. The maximum atomic E-state index is 12.8. The van der Waals surface area contributed by atoms with Crippen molar-refractivity contribution in [3.05, 3.63) is 76.9 Å². The van der Waals surface area contributed by atoms with Crippen molar-refractivity contribution in [3.63, 3.8) is 0 Å². The van der Waals surface area contributed by atoms with Crippen LogP contribution in [0.5, 0.6) is 5.75 Å². The Morgan fingerprint density at radius 3 is 2.62 bits per heavy atom. The van der Waals surface area contributed by atoms with Gasteiger partial charge in [-0.3, -0.25) is 14.5 Å². The van der Waals surface area contributed by atoms with Gasteiger partial charge in [-0.05, 0) is 59.2 Å². The van der Waals surface area contributed by atoms with Crippen LogP contribution in [0.4, 0.5) is 0 Å². The fourth-order valence-corrected chi connectivity index (χ4v) is 5.83. The zero-order valence-electron chi connectivity index (χ0n) is 19.2. The van der Waals surface area contributed by atoms with Crippen LogP contribution in [-0.4, -0.2) is 53.3 Å². The molecule has 6 nitrogen and oxygen atoms in total. The number of aliphatic hydroxyl groups is 1. The van der Waals surface area contributed by atoms with Gasteiger partial charge in [0.05, 0.1) is 31.2 Å². The highest BCUT2D eigenvalue weighted by Crippen LogP contribution is 2.49. The van der Waals surface area contributed by atoms with Crippen LogP contribution in [0.2, 0.25) is 0 Å². The van der Waals surface area contributed by atoms with E-state index in [-0.39, 0.29) is 48.0 Å². The number of phenolic OH excluding ortho intramolecular Hbond substituents is 1. The lowest BCUT2D eigenvalue weighted by Gasteiger charge is -2.31. The second-order valence-electron chi connectivity index (χ2n) is 9.39. The summed E-state index contributed by atoms with van der Waals surface area (Å²) in [6.07, 6.45) is 3.73. The van der Waals surface area contributed by atoms with Gasteiger partial charge >= 0.3 is 0 Å². The topological polar surface area (TPSA) is 87.1 Å². The number of carbonyl (C=O) groups excluding carboxylic acids is 2. The van der Waals surface area contributed by atoms with E-state index < -0.39 is 0 Å². The molecule has 0 aromatic heterocycles. The first kappa shape index (κ1) is 22.6. The van der Waals surface area contributed by atoms with Crippen molar-refractivity contribution in [3.8, 4) is 5.75 Å². The van der Waals surface area contributed by atoms with Crippen LogP contribution in [0.1, 0.15) is 30.4 Å². The van der Waals surface area contributed by atoms with E-state index in [4.69, 9.17) is 4.74 Å². The highest BCUT2D eigenvalue weighted by Gasteiger charge is 2.55. The maximum absolute atomic E-state index is 12.8. The van der Waals surface area contributed by atoms with E-state index in [2.05, 4.69) is 18.2 Å². The number of aliphatic hydroxyl groups excluding tert-OH is 1. The Hall–Kier alpha value is -3.22. The largest absolute Gasteiger partial charge is 0.508 e. The van der Waals surface area contributed by atoms with Gasteiger partial charge in [0.1, 0.15) is 5.75 Å². The number of ether oxygens (including phenoxy) is 1. The number of aromatic hydroxyl groups is 1. The molecule has 0 radical (unpaired) electrons. The van der Waals surface area contributed by atoms with E-state index in [1.54, 1.807) is 19.2 Å². The van der Waals surface area contributed by atoms with Gasteiger partial charge < -0.3 is 14.9 Å². The molecule has 6 heteroatoms. The van der Waals surface area contributed by atoms with Gasteiger partial charge in [0.15, 0.2) is 0 Å². The Morgan fingerprint density at radius 2 is 1.88 bits per heavy atom. The number of allylic oxidation sites excluding steroid dienone is 1. The molecule has 5 rings (SSSR count). The monoisotopic (exact) mass is 459 g/mol. The first-order chi connectivity index (χ1) is 16.5. The quantitative estimate of drug-likeness (QED) is 0.391. The minimum Gasteiger partial charge on any atom is -0.508 e. The molecule has 2 heterocycles. The molecular weight excluding hydrogens is 430 g/mol. The van der Waals surface area contributed by atoms with Gasteiger partial charge in [0.2, 0.25) is 11.8 Å². The van der Waals surface area contributed by atoms with Crippen LogP contribution in [0.25, 0.3) is 11.6 Å². The molecule has 0 bridgehead atoms. The smallest absolute Gasteiger partial charge is 0.233 e. The molecule has 2 aromatic rings. The van der Waals surface area contributed by atoms with Crippen LogP contribution >= 0.6 is 0 Å². The highest BCUT2D eigenvalue weighted by molar-refractivity contribution is 6.05. The molecule has 2 fully saturated rings. The van der Waals surface area contributed by atoms with E-state index in [1.807, 2.05) is 30.3 Å². The lowest BCUT2D eigenvalue weighted by atomic mass is 9.69. The standard InChI is InChI=1S/C28H29NO5/c1-29-27(32)22-14-20(15-30)25-23(26(22)28(29)33)16-34-24(25)11-10-19(18-7-3-2-4-8-18)12-17-6-5-9-21(31)13-17/h2-9,12-13,22-24,26,30-31H,10-11,14-16H2,1H3/b19-12-/t22-,23+,24-,26-/m1/s1.